The van der Waals surface area contributed by atoms with Gasteiger partial charge < -0.3 is 20.5 Å². The van der Waals surface area contributed by atoms with Crippen LogP contribution in [0, 0.1) is 12.8 Å². The summed E-state index contributed by atoms with van der Waals surface area (Å²) >= 11 is 0. The van der Waals surface area contributed by atoms with Gasteiger partial charge in [0.1, 0.15) is 6.04 Å². The third-order valence-corrected chi connectivity index (χ3v) is 3.41. The van der Waals surface area contributed by atoms with Crippen LogP contribution < -0.4 is 11.1 Å². The lowest BCUT2D eigenvalue weighted by molar-refractivity contribution is -0.145. The third-order valence-electron chi connectivity index (χ3n) is 3.41. The lowest BCUT2D eigenvalue weighted by atomic mass is 10.0. The van der Waals surface area contributed by atoms with Crippen LogP contribution in [-0.2, 0) is 19.1 Å². The van der Waals surface area contributed by atoms with Gasteiger partial charge in [0, 0.05) is 5.69 Å². The summed E-state index contributed by atoms with van der Waals surface area (Å²) in [6, 6.07) is 4.20. The fraction of sp³-hybridized carbons (Fsp3) is 0.471. The van der Waals surface area contributed by atoms with Crippen LogP contribution in [0.25, 0.3) is 0 Å². The number of aryl methyl sites for hydroxylation is 1. The highest BCUT2D eigenvalue weighted by Crippen LogP contribution is 2.17. The van der Waals surface area contributed by atoms with Crippen LogP contribution in [-0.4, -0.2) is 37.6 Å². The number of para-hydroxylation sites is 1. The van der Waals surface area contributed by atoms with Gasteiger partial charge in [0.15, 0.2) is 6.61 Å². The molecule has 0 radical (unpaired) electrons. The van der Waals surface area contributed by atoms with Crippen molar-refractivity contribution in [2.45, 2.75) is 33.2 Å². The van der Waals surface area contributed by atoms with Gasteiger partial charge >= 0.3 is 11.9 Å². The number of amides is 1. The van der Waals surface area contributed by atoms with E-state index < -0.39 is 30.5 Å². The molecule has 1 amide bonds. The Morgan fingerprint density at radius 2 is 1.92 bits per heavy atom. The summed E-state index contributed by atoms with van der Waals surface area (Å²) in [7, 11) is 1.25. The van der Waals surface area contributed by atoms with Crippen molar-refractivity contribution < 1.29 is 23.9 Å². The summed E-state index contributed by atoms with van der Waals surface area (Å²) in [5.74, 6) is -1.62. The predicted molar refractivity (Wildman–Crippen MR) is 89.3 cm³/mol. The van der Waals surface area contributed by atoms with E-state index in [1.165, 1.54) is 13.2 Å². The van der Waals surface area contributed by atoms with Crippen molar-refractivity contribution in [3.63, 3.8) is 0 Å². The van der Waals surface area contributed by atoms with Crippen molar-refractivity contribution in [3.05, 3.63) is 29.3 Å². The fourth-order valence-corrected chi connectivity index (χ4v) is 2.13. The molecule has 1 aromatic carbocycles. The highest BCUT2D eigenvalue weighted by atomic mass is 16.5. The quantitative estimate of drug-likeness (QED) is 0.576. The van der Waals surface area contributed by atoms with Crippen LogP contribution in [0.15, 0.2) is 18.2 Å². The van der Waals surface area contributed by atoms with Gasteiger partial charge in [-0.1, -0.05) is 26.0 Å². The molecule has 3 N–H and O–H groups in total. The van der Waals surface area contributed by atoms with E-state index in [1.54, 1.807) is 19.1 Å². The molecule has 1 rings (SSSR count). The van der Waals surface area contributed by atoms with Gasteiger partial charge in [-0.3, -0.25) is 4.79 Å². The minimum absolute atomic E-state index is 0.184. The molecule has 0 spiro atoms. The number of rotatable bonds is 7. The highest BCUT2D eigenvalue weighted by Gasteiger charge is 2.23. The molecule has 0 heterocycles. The lowest BCUT2D eigenvalue weighted by Crippen LogP contribution is -2.44. The van der Waals surface area contributed by atoms with Crippen LogP contribution in [0.1, 0.15) is 36.2 Å². The Kier molecular flexibility index (Phi) is 7.23. The summed E-state index contributed by atoms with van der Waals surface area (Å²) in [5, 5.41) is 2.51. The second-order valence-corrected chi connectivity index (χ2v) is 5.89. The van der Waals surface area contributed by atoms with Gasteiger partial charge in [0.2, 0.25) is 0 Å². The van der Waals surface area contributed by atoms with E-state index in [1.807, 2.05) is 13.8 Å². The molecule has 7 nitrogen and oxygen atoms in total. The first kappa shape index (κ1) is 19.5. The number of carbonyl (C=O) groups is 3. The zero-order chi connectivity index (χ0) is 18.3. The Bertz CT molecular complexity index is 613. The van der Waals surface area contributed by atoms with Crippen LogP contribution in [0.2, 0.25) is 0 Å². The average molecular weight is 336 g/mol. The molecule has 0 aromatic heterocycles. The second-order valence-electron chi connectivity index (χ2n) is 5.89. The molecular weight excluding hydrogens is 312 g/mol. The van der Waals surface area contributed by atoms with Crippen molar-refractivity contribution in [1.29, 1.82) is 0 Å². The van der Waals surface area contributed by atoms with Crippen molar-refractivity contribution in [2.24, 2.45) is 5.92 Å². The van der Waals surface area contributed by atoms with Gasteiger partial charge in [-0.05, 0) is 30.9 Å². The first-order valence-electron chi connectivity index (χ1n) is 7.65. The van der Waals surface area contributed by atoms with E-state index in [0.717, 1.165) is 5.56 Å². The standard InChI is InChI=1S/C17H24N2O5/c1-10(2)8-13(17(22)23-4)19-14(20)9-24-16(21)12-7-5-6-11(3)15(12)18/h5-7,10,13H,8-9,18H2,1-4H3,(H,19,20)/t13-/m1/s1. The molecule has 0 aliphatic carbocycles. The van der Waals surface area contributed by atoms with E-state index in [-0.39, 0.29) is 11.5 Å². The topological polar surface area (TPSA) is 108 Å². The SMILES string of the molecule is COC(=O)[C@@H](CC(C)C)NC(=O)COC(=O)c1cccc(C)c1N. The minimum Gasteiger partial charge on any atom is -0.467 e. The number of nitrogens with two attached hydrogens (primary N) is 1. The molecule has 0 saturated heterocycles. The summed E-state index contributed by atoms with van der Waals surface area (Å²) in [4.78, 5) is 35.6. The van der Waals surface area contributed by atoms with E-state index in [4.69, 9.17) is 10.5 Å². The number of benzene rings is 1. The summed E-state index contributed by atoms with van der Waals surface area (Å²) in [5.41, 5.74) is 7.09. The van der Waals surface area contributed by atoms with E-state index in [9.17, 15) is 14.4 Å². The van der Waals surface area contributed by atoms with Gasteiger partial charge in [-0.15, -0.1) is 0 Å². The zero-order valence-corrected chi connectivity index (χ0v) is 14.4. The number of nitrogen functional groups attached to an aromatic ring is 1. The predicted octanol–water partition coefficient (Wildman–Crippen LogP) is 1.44. The highest BCUT2D eigenvalue weighted by molar-refractivity contribution is 5.97. The first-order chi connectivity index (χ1) is 11.3. The van der Waals surface area contributed by atoms with Gasteiger partial charge in [0.25, 0.3) is 5.91 Å². The van der Waals surface area contributed by atoms with Crippen molar-refractivity contribution >= 4 is 23.5 Å². The third kappa shape index (κ3) is 5.57. The number of ether oxygens (including phenoxy) is 2. The molecule has 132 valence electrons. The minimum atomic E-state index is -0.773. The Labute approximate surface area is 141 Å². The molecule has 0 aliphatic heterocycles. The van der Waals surface area contributed by atoms with Crippen molar-refractivity contribution in [1.82, 2.24) is 5.32 Å². The van der Waals surface area contributed by atoms with Gasteiger partial charge in [-0.2, -0.15) is 0 Å². The fourth-order valence-electron chi connectivity index (χ4n) is 2.13. The Morgan fingerprint density at radius 1 is 1.25 bits per heavy atom. The average Bonchev–Trinajstić information content (AvgIpc) is 2.53. The Balaban J connectivity index is 2.62. The largest absolute Gasteiger partial charge is 0.467 e. The van der Waals surface area contributed by atoms with Gasteiger partial charge in [0.05, 0.1) is 12.7 Å². The molecule has 0 unspecified atom stereocenters. The molecule has 7 heteroatoms. The maximum absolute atomic E-state index is 12.0. The molecule has 0 bridgehead atoms. The van der Waals surface area contributed by atoms with E-state index in [0.29, 0.717) is 12.1 Å². The Hall–Kier alpha value is -2.57. The monoisotopic (exact) mass is 336 g/mol. The first-order valence-corrected chi connectivity index (χ1v) is 7.65. The molecule has 1 aromatic rings. The molecule has 0 fully saturated rings. The van der Waals surface area contributed by atoms with Gasteiger partial charge in [-0.25, -0.2) is 9.59 Å². The van der Waals surface area contributed by atoms with Crippen LogP contribution in [0.5, 0.6) is 0 Å². The summed E-state index contributed by atoms with van der Waals surface area (Å²) in [6.07, 6.45) is 0.428. The van der Waals surface area contributed by atoms with E-state index in [2.05, 4.69) is 10.1 Å². The maximum atomic E-state index is 12.0. The summed E-state index contributed by atoms with van der Waals surface area (Å²) in [6.45, 7) is 5.11. The van der Waals surface area contributed by atoms with Crippen LogP contribution >= 0.6 is 0 Å². The maximum Gasteiger partial charge on any atom is 0.340 e. The van der Waals surface area contributed by atoms with Crippen LogP contribution in [0.4, 0.5) is 5.69 Å². The molecular formula is C17H24N2O5. The molecule has 1 atom stereocenters. The number of esters is 2. The molecule has 0 aliphatic rings. The second kappa shape index (κ2) is 8.90. The zero-order valence-electron chi connectivity index (χ0n) is 14.4. The number of methoxy groups -OCH3 is 1. The number of hydrogen-bond acceptors (Lipinski definition) is 6. The molecule has 24 heavy (non-hydrogen) atoms. The smallest absolute Gasteiger partial charge is 0.340 e. The van der Waals surface area contributed by atoms with Crippen LogP contribution in [0.3, 0.4) is 0 Å². The van der Waals surface area contributed by atoms with E-state index >= 15 is 0 Å². The lowest BCUT2D eigenvalue weighted by Gasteiger charge is -2.18. The number of carbonyl (C=O) groups excluding carboxylic acids is 3. The molecule has 0 saturated carbocycles. The van der Waals surface area contributed by atoms with Crippen molar-refractivity contribution in [3.8, 4) is 0 Å². The number of anilines is 1. The summed E-state index contributed by atoms with van der Waals surface area (Å²) < 4.78 is 9.62. The normalized spacial score (nSPS) is 11.7. The number of hydrogen-bond donors (Lipinski definition) is 2. The van der Waals surface area contributed by atoms with Crippen molar-refractivity contribution in [2.75, 3.05) is 19.5 Å². The Morgan fingerprint density at radius 3 is 2.50 bits per heavy atom. The number of nitrogens with one attached hydrogen (secondary N) is 1.